The fourth-order valence-corrected chi connectivity index (χ4v) is 0.953. The molecule has 0 saturated carbocycles. The van der Waals surface area contributed by atoms with Crippen molar-refractivity contribution in [2.45, 2.75) is 33.2 Å². The highest BCUT2D eigenvalue weighted by Crippen LogP contribution is 1.85. The summed E-state index contributed by atoms with van der Waals surface area (Å²) in [5, 5.41) is 6.72. The van der Waals surface area contributed by atoms with Gasteiger partial charge in [0, 0.05) is 12.6 Å². The number of hydrogen-bond acceptors (Lipinski definition) is 2. The molecule has 1 rings (SSSR count). The van der Waals surface area contributed by atoms with Crippen molar-refractivity contribution < 1.29 is 0 Å². The minimum absolute atomic E-state index is 0.664. The van der Waals surface area contributed by atoms with Crippen molar-refractivity contribution in [2.75, 3.05) is 19.6 Å². The van der Waals surface area contributed by atoms with Gasteiger partial charge in [0.15, 0.2) is 0 Å². The van der Waals surface area contributed by atoms with E-state index in [1.165, 1.54) is 19.5 Å². The quantitative estimate of drug-likeness (QED) is 0.529. The zero-order chi connectivity index (χ0) is 7.82. The van der Waals surface area contributed by atoms with E-state index in [0.29, 0.717) is 6.04 Å². The van der Waals surface area contributed by atoms with Gasteiger partial charge >= 0.3 is 0 Å². The molecule has 1 unspecified atom stereocenters. The highest BCUT2D eigenvalue weighted by atomic mass is 15.0. The van der Waals surface area contributed by atoms with Crippen molar-refractivity contribution in [1.29, 1.82) is 0 Å². The average Bonchev–Trinajstić information content (AvgIpc) is 2.21. The molecule has 1 fully saturated rings. The summed E-state index contributed by atoms with van der Waals surface area (Å²) in [6.07, 6.45) is 1.27. The molecule has 1 aliphatic heterocycles. The van der Waals surface area contributed by atoms with Gasteiger partial charge in [0.1, 0.15) is 0 Å². The lowest BCUT2D eigenvalue weighted by atomic mass is 10.3. The van der Waals surface area contributed by atoms with Gasteiger partial charge in [-0.05, 0) is 26.4 Å². The first kappa shape index (κ1) is 9.92. The second kappa shape index (κ2) is 7.03. The molecule has 0 spiro atoms. The summed E-state index contributed by atoms with van der Waals surface area (Å²) in [6.45, 7) is 9.68. The predicted molar refractivity (Wildman–Crippen MR) is 46.3 cm³/mol. The van der Waals surface area contributed by atoms with E-state index in [4.69, 9.17) is 0 Å². The molecule has 0 aromatic carbocycles. The summed E-state index contributed by atoms with van der Waals surface area (Å²) >= 11 is 0. The Bertz CT molecular complexity index is 56.3. The van der Waals surface area contributed by atoms with E-state index in [1.807, 2.05) is 13.8 Å². The van der Waals surface area contributed by atoms with Crippen LogP contribution in [-0.4, -0.2) is 25.7 Å². The smallest absolute Gasteiger partial charge is 0.0164 e. The lowest BCUT2D eigenvalue weighted by molar-refractivity contribution is 0.568. The first-order valence-electron chi connectivity index (χ1n) is 4.33. The largest absolute Gasteiger partial charge is 0.315 e. The van der Waals surface area contributed by atoms with Gasteiger partial charge in [-0.1, -0.05) is 13.8 Å². The van der Waals surface area contributed by atoms with Crippen molar-refractivity contribution >= 4 is 0 Å². The van der Waals surface area contributed by atoms with Gasteiger partial charge in [-0.2, -0.15) is 0 Å². The number of hydrogen-bond donors (Lipinski definition) is 2. The Balaban J connectivity index is 0.000000371. The predicted octanol–water partition coefficient (Wildman–Crippen LogP) is 0.984. The monoisotopic (exact) mass is 144 g/mol. The van der Waals surface area contributed by atoms with Crippen molar-refractivity contribution in [3.63, 3.8) is 0 Å². The summed E-state index contributed by atoms with van der Waals surface area (Å²) in [7, 11) is 0. The molecule has 0 aliphatic carbocycles. The topological polar surface area (TPSA) is 24.1 Å². The second-order valence-electron chi connectivity index (χ2n) is 2.41. The fraction of sp³-hybridized carbons (Fsp3) is 1.00. The zero-order valence-corrected chi connectivity index (χ0v) is 7.41. The maximum atomic E-state index is 3.38. The van der Waals surface area contributed by atoms with E-state index in [2.05, 4.69) is 17.6 Å². The molecule has 1 aliphatic rings. The molecule has 10 heavy (non-hydrogen) atoms. The van der Waals surface area contributed by atoms with Crippen LogP contribution < -0.4 is 10.6 Å². The van der Waals surface area contributed by atoms with Crippen LogP contribution in [0.25, 0.3) is 0 Å². The SMILES string of the molecule is CC.CC1CNCCCN1. The Morgan fingerprint density at radius 2 is 1.90 bits per heavy atom. The summed E-state index contributed by atoms with van der Waals surface area (Å²) in [5.41, 5.74) is 0. The lowest BCUT2D eigenvalue weighted by Gasteiger charge is -2.06. The van der Waals surface area contributed by atoms with Crippen LogP contribution in [0.5, 0.6) is 0 Å². The van der Waals surface area contributed by atoms with Crippen molar-refractivity contribution in [3.05, 3.63) is 0 Å². The normalized spacial score (nSPS) is 26.1. The van der Waals surface area contributed by atoms with E-state index in [1.54, 1.807) is 0 Å². The molecule has 0 radical (unpaired) electrons. The van der Waals surface area contributed by atoms with Crippen molar-refractivity contribution in [2.24, 2.45) is 0 Å². The third-order valence-electron chi connectivity index (χ3n) is 1.47. The molecule has 0 amide bonds. The molecule has 1 saturated heterocycles. The van der Waals surface area contributed by atoms with Crippen molar-refractivity contribution in [3.8, 4) is 0 Å². The lowest BCUT2D eigenvalue weighted by Crippen LogP contribution is -2.31. The van der Waals surface area contributed by atoms with Crippen LogP contribution in [0.4, 0.5) is 0 Å². The van der Waals surface area contributed by atoms with E-state index in [-0.39, 0.29) is 0 Å². The minimum atomic E-state index is 0.664. The molecule has 2 N–H and O–H groups in total. The number of nitrogens with one attached hydrogen (secondary N) is 2. The highest BCUT2D eigenvalue weighted by Gasteiger charge is 2.02. The summed E-state index contributed by atoms with van der Waals surface area (Å²) in [4.78, 5) is 0. The molecule has 62 valence electrons. The summed E-state index contributed by atoms with van der Waals surface area (Å²) < 4.78 is 0. The Labute approximate surface area is 64.4 Å². The highest BCUT2D eigenvalue weighted by molar-refractivity contribution is 4.67. The Morgan fingerprint density at radius 3 is 2.60 bits per heavy atom. The molecular formula is C8H20N2. The molecule has 0 aromatic rings. The van der Waals surface area contributed by atoms with E-state index >= 15 is 0 Å². The van der Waals surface area contributed by atoms with Crippen LogP contribution in [0.2, 0.25) is 0 Å². The second-order valence-corrected chi connectivity index (χ2v) is 2.41. The van der Waals surface area contributed by atoms with E-state index < -0.39 is 0 Å². The van der Waals surface area contributed by atoms with Crippen LogP contribution >= 0.6 is 0 Å². The van der Waals surface area contributed by atoms with Gasteiger partial charge in [0.2, 0.25) is 0 Å². The van der Waals surface area contributed by atoms with Crippen LogP contribution in [0, 0.1) is 0 Å². The zero-order valence-electron chi connectivity index (χ0n) is 7.41. The standard InChI is InChI=1S/C6H14N2.C2H6/c1-6-5-7-3-2-4-8-6;1-2/h6-8H,2-5H2,1H3;1-2H3. The van der Waals surface area contributed by atoms with Crippen LogP contribution in [0.3, 0.4) is 0 Å². The van der Waals surface area contributed by atoms with E-state index in [0.717, 1.165) is 6.54 Å². The van der Waals surface area contributed by atoms with Gasteiger partial charge in [-0.15, -0.1) is 0 Å². The fourth-order valence-electron chi connectivity index (χ4n) is 0.953. The van der Waals surface area contributed by atoms with E-state index in [9.17, 15) is 0 Å². The van der Waals surface area contributed by atoms with Gasteiger partial charge < -0.3 is 10.6 Å². The first-order valence-corrected chi connectivity index (χ1v) is 4.33. The molecule has 1 atom stereocenters. The first-order chi connectivity index (χ1) is 4.89. The van der Waals surface area contributed by atoms with Crippen LogP contribution in [-0.2, 0) is 0 Å². The molecular weight excluding hydrogens is 124 g/mol. The van der Waals surface area contributed by atoms with Crippen LogP contribution in [0.1, 0.15) is 27.2 Å². The summed E-state index contributed by atoms with van der Waals surface area (Å²) in [5.74, 6) is 0. The Morgan fingerprint density at radius 1 is 1.20 bits per heavy atom. The third kappa shape index (κ3) is 4.77. The molecule has 2 heteroatoms. The molecule has 0 aromatic heterocycles. The van der Waals surface area contributed by atoms with Gasteiger partial charge in [-0.3, -0.25) is 0 Å². The number of rotatable bonds is 0. The molecule has 2 nitrogen and oxygen atoms in total. The Hall–Kier alpha value is -0.0800. The molecule has 1 heterocycles. The maximum absolute atomic E-state index is 3.38. The third-order valence-corrected chi connectivity index (χ3v) is 1.47. The molecule has 0 bridgehead atoms. The Kier molecular flexibility index (Phi) is 6.98. The van der Waals surface area contributed by atoms with Crippen LogP contribution in [0.15, 0.2) is 0 Å². The van der Waals surface area contributed by atoms with Crippen molar-refractivity contribution in [1.82, 2.24) is 10.6 Å². The van der Waals surface area contributed by atoms with Gasteiger partial charge in [-0.25, -0.2) is 0 Å². The average molecular weight is 144 g/mol. The maximum Gasteiger partial charge on any atom is 0.0164 e. The van der Waals surface area contributed by atoms with Gasteiger partial charge in [0.25, 0.3) is 0 Å². The van der Waals surface area contributed by atoms with Gasteiger partial charge in [0.05, 0.1) is 0 Å². The summed E-state index contributed by atoms with van der Waals surface area (Å²) in [6, 6.07) is 0.664. The minimum Gasteiger partial charge on any atom is -0.315 e.